The van der Waals surface area contributed by atoms with Crippen LogP contribution in [0.1, 0.15) is 36.7 Å². The van der Waals surface area contributed by atoms with E-state index in [-0.39, 0.29) is 10.1 Å². The Hall–Kier alpha value is -0.920. The van der Waals surface area contributed by atoms with Crippen molar-refractivity contribution in [2.45, 2.75) is 31.9 Å². The fourth-order valence-corrected chi connectivity index (χ4v) is 3.50. The van der Waals surface area contributed by atoms with Gasteiger partial charge < -0.3 is 5.32 Å². The molecule has 0 saturated carbocycles. The molecule has 1 amide bonds. The Morgan fingerprint density at radius 2 is 2.00 bits per heavy atom. The Balaban J connectivity index is 2.82. The minimum absolute atomic E-state index is 0.0505. The van der Waals surface area contributed by atoms with Gasteiger partial charge in [-0.2, -0.15) is 0 Å². The van der Waals surface area contributed by atoms with E-state index in [1.807, 2.05) is 0 Å². The van der Waals surface area contributed by atoms with Crippen LogP contribution in [-0.2, 0) is 10.0 Å². The van der Waals surface area contributed by atoms with Gasteiger partial charge in [-0.1, -0.05) is 20.8 Å². The van der Waals surface area contributed by atoms with E-state index >= 15 is 0 Å². The number of amides is 1. The standard InChI is InChI=1S/C12H20N2O3S2/c1-7(2)8(3)5-14-11(15)10-6-18-12(9(10)4)19(13,16)17/h6-8H,5H2,1-4H3,(H,14,15)(H2,13,16,17). The summed E-state index contributed by atoms with van der Waals surface area (Å²) in [6, 6.07) is 0. The van der Waals surface area contributed by atoms with Crippen molar-refractivity contribution in [1.82, 2.24) is 5.32 Å². The molecule has 1 aromatic rings. The molecular weight excluding hydrogens is 284 g/mol. The van der Waals surface area contributed by atoms with E-state index in [4.69, 9.17) is 5.14 Å². The van der Waals surface area contributed by atoms with E-state index in [9.17, 15) is 13.2 Å². The highest BCUT2D eigenvalue weighted by molar-refractivity contribution is 7.91. The lowest BCUT2D eigenvalue weighted by atomic mass is 9.98. The van der Waals surface area contributed by atoms with Crippen molar-refractivity contribution in [2.75, 3.05) is 6.54 Å². The van der Waals surface area contributed by atoms with Gasteiger partial charge in [-0.05, 0) is 24.3 Å². The third-order valence-electron chi connectivity index (χ3n) is 3.22. The predicted molar refractivity (Wildman–Crippen MR) is 76.8 cm³/mol. The molecule has 1 unspecified atom stereocenters. The first-order valence-corrected chi connectivity index (χ1v) is 8.46. The summed E-state index contributed by atoms with van der Waals surface area (Å²) in [5.41, 5.74) is 0.798. The molecule has 0 saturated heterocycles. The van der Waals surface area contributed by atoms with Crippen LogP contribution in [0, 0.1) is 18.8 Å². The number of primary sulfonamides is 1. The van der Waals surface area contributed by atoms with E-state index in [1.54, 1.807) is 6.92 Å². The van der Waals surface area contributed by atoms with Crippen molar-refractivity contribution in [1.29, 1.82) is 0 Å². The van der Waals surface area contributed by atoms with Crippen LogP contribution in [0.3, 0.4) is 0 Å². The van der Waals surface area contributed by atoms with E-state index < -0.39 is 10.0 Å². The fraction of sp³-hybridized carbons (Fsp3) is 0.583. The second kappa shape index (κ2) is 6.02. The second-order valence-electron chi connectivity index (χ2n) is 5.04. The molecule has 19 heavy (non-hydrogen) atoms. The average molecular weight is 304 g/mol. The van der Waals surface area contributed by atoms with Crippen molar-refractivity contribution in [2.24, 2.45) is 17.0 Å². The summed E-state index contributed by atoms with van der Waals surface area (Å²) in [6.45, 7) is 8.40. The zero-order valence-electron chi connectivity index (χ0n) is 11.6. The van der Waals surface area contributed by atoms with Crippen LogP contribution in [0.25, 0.3) is 0 Å². The molecule has 0 bridgehead atoms. The van der Waals surface area contributed by atoms with Gasteiger partial charge in [-0.15, -0.1) is 11.3 Å². The van der Waals surface area contributed by atoms with E-state index in [1.165, 1.54) is 5.38 Å². The quantitative estimate of drug-likeness (QED) is 0.868. The topological polar surface area (TPSA) is 89.3 Å². The number of hydrogen-bond acceptors (Lipinski definition) is 4. The largest absolute Gasteiger partial charge is 0.352 e. The van der Waals surface area contributed by atoms with Crippen LogP contribution in [0.2, 0.25) is 0 Å². The predicted octanol–water partition coefficient (Wildman–Crippen LogP) is 1.73. The van der Waals surface area contributed by atoms with E-state index in [0.29, 0.717) is 29.5 Å². The lowest BCUT2D eigenvalue weighted by Crippen LogP contribution is -2.30. The van der Waals surface area contributed by atoms with Gasteiger partial charge in [0.15, 0.2) is 0 Å². The number of carbonyl (C=O) groups excluding carboxylic acids is 1. The van der Waals surface area contributed by atoms with Gasteiger partial charge in [-0.3, -0.25) is 4.79 Å². The Morgan fingerprint density at radius 3 is 2.42 bits per heavy atom. The van der Waals surface area contributed by atoms with Crippen LogP contribution in [-0.4, -0.2) is 20.9 Å². The lowest BCUT2D eigenvalue weighted by molar-refractivity contribution is 0.0944. The third kappa shape index (κ3) is 4.02. The zero-order valence-corrected chi connectivity index (χ0v) is 13.2. The van der Waals surface area contributed by atoms with Crippen LogP contribution in [0.5, 0.6) is 0 Å². The highest BCUT2D eigenvalue weighted by atomic mass is 32.2. The maximum absolute atomic E-state index is 12.0. The summed E-state index contributed by atoms with van der Waals surface area (Å²) >= 11 is 0.978. The van der Waals surface area contributed by atoms with Crippen molar-refractivity contribution in [3.05, 3.63) is 16.5 Å². The van der Waals surface area contributed by atoms with Gasteiger partial charge in [0.25, 0.3) is 5.91 Å². The highest BCUT2D eigenvalue weighted by Gasteiger charge is 2.21. The Morgan fingerprint density at radius 1 is 1.42 bits per heavy atom. The minimum atomic E-state index is -3.75. The molecule has 0 fully saturated rings. The third-order valence-corrected chi connectivity index (χ3v) is 5.90. The molecule has 7 heteroatoms. The average Bonchev–Trinajstić information content (AvgIpc) is 2.66. The monoisotopic (exact) mass is 304 g/mol. The molecular formula is C12H20N2O3S2. The first kappa shape index (κ1) is 16.1. The second-order valence-corrected chi connectivity index (χ2v) is 7.67. The number of sulfonamides is 1. The molecule has 1 aromatic heterocycles. The van der Waals surface area contributed by atoms with Crippen molar-refractivity contribution in [3.8, 4) is 0 Å². The Labute approximate surface area is 118 Å². The molecule has 5 nitrogen and oxygen atoms in total. The van der Waals surface area contributed by atoms with Crippen molar-refractivity contribution in [3.63, 3.8) is 0 Å². The molecule has 0 aliphatic heterocycles. The lowest BCUT2D eigenvalue weighted by Gasteiger charge is -2.15. The number of carbonyl (C=O) groups is 1. The van der Waals surface area contributed by atoms with Crippen molar-refractivity contribution >= 4 is 27.3 Å². The van der Waals surface area contributed by atoms with Gasteiger partial charge in [0.1, 0.15) is 4.21 Å². The smallest absolute Gasteiger partial charge is 0.252 e. The van der Waals surface area contributed by atoms with Gasteiger partial charge >= 0.3 is 0 Å². The Kier molecular flexibility index (Phi) is 5.11. The molecule has 108 valence electrons. The van der Waals surface area contributed by atoms with E-state index in [2.05, 4.69) is 26.1 Å². The molecule has 3 N–H and O–H groups in total. The highest BCUT2D eigenvalue weighted by Crippen LogP contribution is 2.25. The fourth-order valence-electron chi connectivity index (χ4n) is 1.49. The summed E-state index contributed by atoms with van der Waals surface area (Å²) < 4.78 is 22.7. The van der Waals surface area contributed by atoms with Gasteiger partial charge in [-0.25, -0.2) is 13.6 Å². The first-order valence-electron chi connectivity index (χ1n) is 6.03. The van der Waals surface area contributed by atoms with Gasteiger partial charge in [0.2, 0.25) is 10.0 Å². The van der Waals surface area contributed by atoms with Crippen LogP contribution < -0.4 is 10.5 Å². The molecule has 1 atom stereocenters. The van der Waals surface area contributed by atoms with Crippen LogP contribution in [0.4, 0.5) is 0 Å². The molecule has 1 heterocycles. The summed E-state index contributed by atoms with van der Waals surface area (Å²) in [7, 11) is -3.75. The van der Waals surface area contributed by atoms with Gasteiger partial charge in [0, 0.05) is 11.9 Å². The summed E-state index contributed by atoms with van der Waals surface area (Å²) in [5.74, 6) is 0.584. The molecule has 1 rings (SSSR count). The summed E-state index contributed by atoms with van der Waals surface area (Å²) in [4.78, 5) is 12.0. The normalized spacial score (nSPS) is 13.6. The number of thiophene rings is 1. The maximum atomic E-state index is 12.0. The summed E-state index contributed by atoms with van der Waals surface area (Å²) in [5, 5.41) is 9.43. The molecule has 0 aromatic carbocycles. The van der Waals surface area contributed by atoms with Crippen molar-refractivity contribution < 1.29 is 13.2 Å². The maximum Gasteiger partial charge on any atom is 0.252 e. The minimum Gasteiger partial charge on any atom is -0.352 e. The summed E-state index contributed by atoms with van der Waals surface area (Å²) in [6.07, 6.45) is 0. The van der Waals surface area contributed by atoms with Gasteiger partial charge in [0.05, 0.1) is 5.56 Å². The molecule has 0 radical (unpaired) electrons. The first-order chi connectivity index (χ1) is 8.64. The number of nitrogens with one attached hydrogen (secondary N) is 1. The molecule has 0 aliphatic rings. The van der Waals surface area contributed by atoms with Crippen LogP contribution in [0.15, 0.2) is 9.59 Å². The number of nitrogens with two attached hydrogens (primary N) is 1. The molecule has 0 spiro atoms. The van der Waals surface area contributed by atoms with Crippen LogP contribution >= 0.6 is 11.3 Å². The number of hydrogen-bond donors (Lipinski definition) is 2. The zero-order chi connectivity index (χ0) is 14.8. The van der Waals surface area contributed by atoms with E-state index in [0.717, 1.165) is 11.3 Å². The Bertz CT molecular complexity index is 562. The number of rotatable bonds is 5. The SMILES string of the molecule is Cc1c(C(=O)NCC(C)C(C)C)csc1S(N)(=O)=O. The molecule has 0 aliphatic carbocycles.